The highest BCUT2D eigenvalue weighted by atomic mass is 14.8. The van der Waals surface area contributed by atoms with Crippen LogP contribution >= 0.6 is 0 Å². The zero-order chi connectivity index (χ0) is 13.1. The lowest BCUT2D eigenvalue weighted by atomic mass is 10.0. The van der Waals surface area contributed by atoms with Crippen molar-refractivity contribution < 1.29 is 0 Å². The van der Waals surface area contributed by atoms with Gasteiger partial charge in [-0.05, 0) is 36.4 Å². The fourth-order valence-electron chi connectivity index (χ4n) is 1.95. The number of nitrogens with one attached hydrogen (secondary N) is 2. The van der Waals surface area contributed by atoms with E-state index >= 15 is 0 Å². The Balaban J connectivity index is 2.64. The first-order valence-corrected chi connectivity index (χ1v) is 5.80. The molecule has 2 aromatic carbocycles. The van der Waals surface area contributed by atoms with E-state index in [0.29, 0.717) is 11.4 Å². The molecule has 18 heavy (non-hydrogen) atoms. The van der Waals surface area contributed by atoms with Crippen LogP contribution in [0.1, 0.15) is 0 Å². The van der Waals surface area contributed by atoms with E-state index in [4.69, 9.17) is 11.5 Å². The molecule has 0 aliphatic carbocycles. The van der Waals surface area contributed by atoms with E-state index in [1.54, 1.807) is 6.07 Å². The summed E-state index contributed by atoms with van der Waals surface area (Å²) in [4.78, 5) is 0. The number of anilines is 4. The molecule has 94 valence electrons. The molecule has 0 radical (unpaired) electrons. The molecule has 0 unspecified atom stereocenters. The minimum absolute atomic E-state index is 0.705. The summed E-state index contributed by atoms with van der Waals surface area (Å²) in [6.07, 6.45) is 0. The Hall–Kier alpha value is -2.36. The lowest BCUT2D eigenvalue weighted by Crippen LogP contribution is -1.98. The van der Waals surface area contributed by atoms with E-state index in [9.17, 15) is 0 Å². The average Bonchev–Trinajstić information content (AvgIpc) is 2.40. The van der Waals surface area contributed by atoms with Crippen LogP contribution in [-0.2, 0) is 0 Å². The van der Waals surface area contributed by atoms with Gasteiger partial charge in [0.25, 0.3) is 0 Å². The van der Waals surface area contributed by atoms with Crippen molar-refractivity contribution in [1.29, 1.82) is 0 Å². The van der Waals surface area contributed by atoms with Crippen molar-refractivity contribution in [1.82, 2.24) is 0 Å². The molecule has 4 heteroatoms. The highest BCUT2D eigenvalue weighted by Crippen LogP contribution is 2.35. The molecule has 4 nitrogen and oxygen atoms in total. The molecule has 6 N–H and O–H groups in total. The lowest BCUT2D eigenvalue weighted by Gasteiger charge is -2.14. The van der Waals surface area contributed by atoms with Gasteiger partial charge in [0.2, 0.25) is 0 Å². The molecule has 0 saturated carbocycles. The summed E-state index contributed by atoms with van der Waals surface area (Å²) in [7, 11) is 3.78. The van der Waals surface area contributed by atoms with Crippen LogP contribution in [0.2, 0.25) is 0 Å². The second-order valence-electron chi connectivity index (χ2n) is 4.11. The largest absolute Gasteiger partial charge is 0.399 e. The summed E-state index contributed by atoms with van der Waals surface area (Å²) < 4.78 is 0. The fraction of sp³-hybridized carbons (Fsp3) is 0.143. The van der Waals surface area contributed by atoms with Gasteiger partial charge in [-0.1, -0.05) is 0 Å². The standard InChI is InChI=1S/C14H18N4/c1-17-10-4-6-14(18-2)12(8-10)11-7-9(15)3-5-13(11)16/h3-8,17-18H,15-16H2,1-2H3. The highest BCUT2D eigenvalue weighted by Gasteiger charge is 2.09. The zero-order valence-corrected chi connectivity index (χ0v) is 10.6. The van der Waals surface area contributed by atoms with Crippen molar-refractivity contribution in [3.8, 4) is 11.1 Å². The fourth-order valence-corrected chi connectivity index (χ4v) is 1.95. The number of hydrogen-bond acceptors (Lipinski definition) is 4. The molecule has 0 atom stereocenters. The predicted octanol–water partition coefficient (Wildman–Crippen LogP) is 2.60. The Morgan fingerprint density at radius 1 is 0.833 bits per heavy atom. The molecule has 0 aromatic heterocycles. The molecule has 0 aliphatic rings. The first-order chi connectivity index (χ1) is 8.65. The van der Waals surface area contributed by atoms with Crippen LogP contribution in [0.25, 0.3) is 11.1 Å². The molecule has 2 rings (SSSR count). The molecule has 0 aliphatic heterocycles. The molecule has 0 spiro atoms. The van der Waals surface area contributed by atoms with Crippen LogP contribution in [0.3, 0.4) is 0 Å². The van der Waals surface area contributed by atoms with Crippen LogP contribution in [0.5, 0.6) is 0 Å². The Morgan fingerprint density at radius 3 is 2.28 bits per heavy atom. The minimum Gasteiger partial charge on any atom is -0.399 e. The molecule has 2 aromatic rings. The van der Waals surface area contributed by atoms with Gasteiger partial charge in [0, 0.05) is 48.0 Å². The topological polar surface area (TPSA) is 76.1 Å². The van der Waals surface area contributed by atoms with E-state index in [-0.39, 0.29) is 0 Å². The van der Waals surface area contributed by atoms with Crippen LogP contribution in [0.4, 0.5) is 22.7 Å². The third-order valence-corrected chi connectivity index (χ3v) is 2.95. The molecule has 0 fully saturated rings. The predicted molar refractivity (Wildman–Crippen MR) is 79.8 cm³/mol. The Morgan fingerprint density at radius 2 is 1.61 bits per heavy atom. The van der Waals surface area contributed by atoms with Gasteiger partial charge in [0.15, 0.2) is 0 Å². The number of benzene rings is 2. The Kier molecular flexibility index (Phi) is 3.28. The lowest BCUT2D eigenvalue weighted by molar-refractivity contribution is 1.46. The van der Waals surface area contributed by atoms with Crippen molar-refractivity contribution in [2.24, 2.45) is 0 Å². The number of nitrogens with two attached hydrogens (primary N) is 2. The molecule has 0 saturated heterocycles. The maximum atomic E-state index is 6.03. The minimum atomic E-state index is 0.705. The highest BCUT2D eigenvalue weighted by molar-refractivity contribution is 5.88. The molecule has 0 bridgehead atoms. The first kappa shape index (κ1) is 12.1. The second kappa shape index (κ2) is 4.87. The molecular formula is C14H18N4. The molecular weight excluding hydrogens is 224 g/mol. The summed E-state index contributed by atoms with van der Waals surface area (Å²) >= 11 is 0. The SMILES string of the molecule is CNc1ccc(NC)c(-c2cc(N)ccc2N)c1. The summed E-state index contributed by atoms with van der Waals surface area (Å²) in [5, 5.41) is 6.29. The van der Waals surface area contributed by atoms with Crippen LogP contribution in [-0.4, -0.2) is 14.1 Å². The van der Waals surface area contributed by atoms with Crippen LogP contribution in [0, 0.1) is 0 Å². The van der Waals surface area contributed by atoms with Gasteiger partial charge in [0.05, 0.1) is 0 Å². The van der Waals surface area contributed by atoms with Gasteiger partial charge < -0.3 is 22.1 Å². The van der Waals surface area contributed by atoms with Gasteiger partial charge >= 0.3 is 0 Å². The van der Waals surface area contributed by atoms with E-state index in [2.05, 4.69) is 16.7 Å². The smallest absolute Gasteiger partial charge is 0.0419 e. The third-order valence-electron chi connectivity index (χ3n) is 2.95. The van der Waals surface area contributed by atoms with Crippen molar-refractivity contribution >= 4 is 22.7 Å². The monoisotopic (exact) mass is 242 g/mol. The number of rotatable bonds is 3. The quantitative estimate of drug-likeness (QED) is 0.624. The van der Waals surface area contributed by atoms with Gasteiger partial charge in [-0.15, -0.1) is 0 Å². The van der Waals surface area contributed by atoms with Crippen LogP contribution < -0.4 is 22.1 Å². The number of hydrogen-bond donors (Lipinski definition) is 4. The van der Waals surface area contributed by atoms with Crippen molar-refractivity contribution in [2.75, 3.05) is 36.2 Å². The zero-order valence-electron chi connectivity index (χ0n) is 10.6. The summed E-state index contributed by atoms with van der Waals surface area (Å²) in [5.74, 6) is 0. The maximum Gasteiger partial charge on any atom is 0.0419 e. The first-order valence-electron chi connectivity index (χ1n) is 5.80. The molecule has 0 heterocycles. The molecule has 0 amide bonds. The summed E-state index contributed by atoms with van der Waals surface area (Å²) in [5.41, 5.74) is 17.3. The van der Waals surface area contributed by atoms with Crippen molar-refractivity contribution in [2.45, 2.75) is 0 Å². The van der Waals surface area contributed by atoms with E-state index < -0.39 is 0 Å². The van der Waals surface area contributed by atoms with E-state index in [1.165, 1.54) is 0 Å². The number of nitrogen functional groups attached to an aromatic ring is 2. The van der Waals surface area contributed by atoms with E-state index in [1.807, 2.05) is 38.4 Å². The average molecular weight is 242 g/mol. The van der Waals surface area contributed by atoms with Gasteiger partial charge in [-0.3, -0.25) is 0 Å². The Labute approximate surface area is 107 Å². The third kappa shape index (κ3) is 2.18. The van der Waals surface area contributed by atoms with Gasteiger partial charge in [0.1, 0.15) is 0 Å². The van der Waals surface area contributed by atoms with Crippen molar-refractivity contribution in [3.63, 3.8) is 0 Å². The van der Waals surface area contributed by atoms with Gasteiger partial charge in [-0.2, -0.15) is 0 Å². The van der Waals surface area contributed by atoms with Gasteiger partial charge in [-0.25, -0.2) is 0 Å². The second-order valence-corrected chi connectivity index (χ2v) is 4.11. The van der Waals surface area contributed by atoms with Crippen molar-refractivity contribution in [3.05, 3.63) is 36.4 Å². The van der Waals surface area contributed by atoms with Crippen LogP contribution in [0.15, 0.2) is 36.4 Å². The summed E-state index contributed by atoms with van der Waals surface area (Å²) in [6, 6.07) is 11.6. The van der Waals surface area contributed by atoms with E-state index in [0.717, 1.165) is 22.5 Å². The Bertz CT molecular complexity index is 564. The maximum absolute atomic E-state index is 6.03. The summed E-state index contributed by atoms with van der Waals surface area (Å²) in [6.45, 7) is 0. The normalized spacial score (nSPS) is 10.1.